The van der Waals surface area contributed by atoms with Gasteiger partial charge in [-0.15, -0.1) is 0 Å². The first-order valence-corrected chi connectivity index (χ1v) is 5.37. The van der Waals surface area contributed by atoms with Gasteiger partial charge in [0.15, 0.2) is 0 Å². The highest BCUT2D eigenvalue weighted by Crippen LogP contribution is 2.42. The monoisotopic (exact) mass is 200 g/mol. The van der Waals surface area contributed by atoms with Crippen molar-refractivity contribution in [3.63, 3.8) is 0 Å². The molecule has 1 saturated carbocycles. The van der Waals surface area contributed by atoms with Crippen LogP contribution in [0.1, 0.15) is 18.5 Å². The van der Waals surface area contributed by atoms with Gasteiger partial charge in [0.05, 0.1) is 5.69 Å². The van der Waals surface area contributed by atoms with Gasteiger partial charge < -0.3 is 9.72 Å². The zero-order valence-corrected chi connectivity index (χ0v) is 8.79. The summed E-state index contributed by atoms with van der Waals surface area (Å²) in [6.07, 6.45) is 3.64. The number of methoxy groups -OCH3 is 1. The van der Waals surface area contributed by atoms with E-state index in [1.165, 1.54) is 23.7 Å². The lowest BCUT2D eigenvalue weighted by molar-refractivity contribution is 0.206. The van der Waals surface area contributed by atoms with Crippen molar-refractivity contribution < 1.29 is 4.74 Å². The largest absolute Gasteiger partial charge is 0.368 e. The molecule has 1 aliphatic rings. The number of nitrogens with one attached hydrogen (secondary N) is 1. The summed E-state index contributed by atoms with van der Waals surface area (Å²) in [5, 5.41) is 1.25. The number of hydrogen-bond acceptors (Lipinski definition) is 1. The van der Waals surface area contributed by atoms with Crippen molar-refractivity contribution in [2.75, 3.05) is 7.11 Å². The Morgan fingerprint density at radius 1 is 1.33 bits per heavy atom. The topological polar surface area (TPSA) is 25.0 Å². The van der Waals surface area contributed by atoms with Gasteiger partial charge in [0.2, 0.25) is 0 Å². The molecule has 0 bridgehead atoms. The maximum atomic E-state index is 5.48. The highest BCUT2D eigenvalue weighted by molar-refractivity contribution is 5.80. The summed E-state index contributed by atoms with van der Waals surface area (Å²) >= 11 is 0. The van der Waals surface area contributed by atoms with Crippen LogP contribution >= 0.6 is 0 Å². The van der Waals surface area contributed by atoms with Crippen LogP contribution in [-0.2, 0) is 4.74 Å². The molecule has 1 aromatic heterocycles. The molecule has 0 aliphatic heterocycles. The molecule has 0 saturated heterocycles. The molecule has 1 heterocycles. The van der Waals surface area contributed by atoms with Crippen LogP contribution in [0.3, 0.4) is 0 Å². The summed E-state index contributed by atoms with van der Waals surface area (Å²) < 4.78 is 5.48. The molecule has 1 aromatic carbocycles. The summed E-state index contributed by atoms with van der Waals surface area (Å²) in [5.74, 6) is 0.642. The van der Waals surface area contributed by atoms with Gasteiger partial charge in [-0.25, -0.2) is 0 Å². The molecular weight excluding hydrogens is 186 g/mol. The van der Waals surface area contributed by atoms with E-state index in [0.717, 1.165) is 11.8 Å². The molecule has 1 N–H and O–H groups in total. The van der Waals surface area contributed by atoms with E-state index in [2.05, 4.69) is 29.2 Å². The average molecular weight is 200 g/mol. The zero-order valence-electron chi connectivity index (χ0n) is 8.79. The Balaban J connectivity index is 2.02. The Labute approximate surface area is 89.3 Å². The highest BCUT2D eigenvalue weighted by Gasteiger charge is 2.34. The quantitative estimate of drug-likeness (QED) is 0.809. The lowest BCUT2D eigenvalue weighted by Gasteiger charge is -2.10. The third-order valence-electron chi connectivity index (χ3n) is 2.96. The maximum absolute atomic E-state index is 5.48. The van der Waals surface area contributed by atoms with Gasteiger partial charge in [0, 0.05) is 12.6 Å². The first kappa shape index (κ1) is 8.98. The maximum Gasteiger partial charge on any atom is 0.145 e. The smallest absolute Gasteiger partial charge is 0.145 e. The van der Waals surface area contributed by atoms with Crippen LogP contribution < -0.4 is 0 Å². The minimum Gasteiger partial charge on any atom is -0.368 e. The van der Waals surface area contributed by atoms with E-state index >= 15 is 0 Å². The Morgan fingerprint density at radius 2 is 2.13 bits per heavy atom. The fourth-order valence-corrected chi connectivity index (χ4v) is 2.05. The molecule has 1 aliphatic carbocycles. The Bertz CT molecular complexity index is 437. The molecule has 1 radical (unpaired) electrons. The second kappa shape index (κ2) is 3.38. The summed E-state index contributed by atoms with van der Waals surface area (Å²) in [5.41, 5.74) is 2.32. The molecule has 0 amide bonds. The van der Waals surface area contributed by atoms with Crippen molar-refractivity contribution in [1.29, 1.82) is 0 Å². The van der Waals surface area contributed by atoms with E-state index in [0.29, 0.717) is 5.92 Å². The second-order valence-electron chi connectivity index (χ2n) is 4.11. The predicted molar refractivity (Wildman–Crippen MR) is 60.4 cm³/mol. The molecule has 2 nitrogen and oxygen atoms in total. The van der Waals surface area contributed by atoms with Crippen molar-refractivity contribution >= 4 is 10.9 Å². The van der Waals surface area contributed by atoms with Crippen molar-refractivity contribution in [2.45, 2.75) is 12.8 Å². The van der Waals surface area contributed by atoms with Gasteiger partial charge in [-0.2, -0.15) is 0 Å². The van der Waals surface area contributed by atoms with Crippen molar-refractivity contribution in [2.24, 2.45) is 5.92 Å². The third-order valence-corrected chi connectivity index (χ3v) is 2.96. The fraction of sp³-hybridized carbons (Fsp3) is 0.308. The number of aromatic nitrogens is 1. The zero-order chi connectivity index (χ0) is 10.3. The second-order valence-corrected chi connectivity index (χ2v) is 4.11. The van der Waals surface area contributed by atoms with E-state index in [4.69, 9.17) is 4.74 Å². The number of benzene rings is 1. The molecule has 15 heavy (non-hydrogen) atoms. The molecular formula is C13H14NO. The van der Waals surface area contributed by atoms with Crippen LogP contribution in [0.15, 0.2) is 30.3 Å². The minimum absolute atomic E-state index is 0.642. The van der Waals surface area contributed by atoms with Crippen LogP contribution in [0.5, 0.6) is 0 Å². The Hall–Kier alpha value is -1.28. The Kier molecular flexibility index (Phi) is 2.03. The van der Waals surface area contributed by atoms with Crippen LogP contribution in [0.2, 0.25) is 0 Å². The summed E-state index contributed by atoms with van der Waals surface area (Å²) in [6.45, 7) is 0. The van der Waals surface area contributed by atoms with Crippen LogP contribution in [-0.4, -0.2) is 12.1 Å². The van der Waals surface area contributed by atoms with Gasteiger partial charge >= 0.3 is 0 Å². The number of hydrogen-bond donors (Lipinski definition) is 1. The molecule has 2 heteroatoms. The number of ether oxygens (including phenoxy) is 1. The van der Waals surface area contributed by atoms with Gasteiger partial charge in [-0.1, -0.05) is 18.2 Å². The van der Waals surface area contributed by atoms with Gasteiger partial charge in [0.1, 0.15) is 6.10 Å². The van der Waals surface area contributed by atoms with Crippen molar-refractivity contribution in [1.82, 2.24) is 4.98 Å². The van der Waals surface area contributed by atoms with Gasteiger partial charge in [-0.05, 0) is 36.3 Å². The Morgan fingerprint density at radius 3 is 2.80 bits per heavy atom. The fourth-order valence-electron chi connectivity index (χ4n) is 2.05. The molecule has 3 rings (SSSR count). The summed E-state index contributed by atoms with van der Waals surface area (Å²) in [7, 11) is 1.76. The lowest BCUT2D eigenvalue weighted by Crippen LogP contribution is -2.04. The number of rotatable bonds is 3. The molecule has 2 aromatic rings. The molecule has 0 spiro atoms. The number of aromatic amines is 1. The SMILES string of the molecule is CO[C](c1cc2ccccc2[nH]1)C1CC1. The number of fused-ring (bicyclic) bond motifs is 1. The van der Waals surface area contributed by atoms with Gasteiger partial charge in [-0.3, -0.25) is 0 Å². The molecule has 1 fully saturated rings. The van der Waals surface area contributed by atoms with E-state index in [9.17, 15) is 0 Å². The predicted octanol–water partition coefficient (Wildman–Crippen LogP) is 3.10. The van der Waals surface area contributed by atoms with E-state index in [-0.39, 0.29) is 0 Å². The van der Waals surface area contributed by atoms with Crippen LogP contribution in [0.25, 0.3) is 10.9 Å². The third kappa shape index (κ3) is 1.55. The van der Waals surface area contributed by atoms with Gasteiger partial charge in [0.25, 0.3) is 0 Å². The minimum atomic E-state index is 0.642. The number of para-hydroxylation sites is 1. The summed E-state index contributed by atoms with van der Waals surface area (Å²) in [6, 6.07) is 10.5. The van der Waals surface area contributed by atoms with Crippen LogP contribution in [0.4, 0.5) is 0 Å². The van der Waals surface area contributed by atoms with E-state index in [1.54, 1.807) is 7.11 Å². The van der Waals surface area contributed by atoms with E-state index in [1.807, 2.05) is 6.07 Å². The number of H-pyrrole nitrogens is 1. The van der Waals surface area contributed by atoms with Crippen molar-refractivity contribution in [3.05, 3.63) is 42.1 Å². The highest BCUT2D eigenvalue weighted by atomic mass is 16.5. The van der Waals surface area contributed by atoms with E-state index < -0.39 is 0 Å². The first-order valence-electron chi connectivity index (χ1n) is 5.37. The lowest BCUT2D eigenvalue weighted by atomic mass is 10.1. The van der Waals surface area contributed by atoms with Crippen molar-refractivity contribution in [3.8, 4) is 0 Å². The van der Waals surface area contributed by atoms with Crippen LogP contribution in [0, 0.1) is 12.0 Å². The molecule has 0 atom stereocenters. The average Bonchev–Trinajstić information content (AvgIpc) is 2.99. The standard InChI is InChI=1S/C13H14NO/c1-15-13(9-6-7-9)12-8-10-4-2-3-5-11(10)14-12/h2-5,8-9,14H,6-7H2,1H3. The summed E-state index contributed by atoms with van der Waals surface area (Å²) in [4.78, 5) is 3.41. The molecule has 0 unspecified atom stereocenters. The first-order chi connectivity index (χ1) is 7.38. The molecule has 77 valence electrons. The normalized spacial score (nSPS) is 16.4.